The monoisotopic (exact) mass is 304 g/mol. The summed E-state index contributed by atoms with van der Waals surface area (Å²) in [4.78, 5) is 14.2. The summed E-state index contributed by atoms with van der Waals surface area (Å²) in [5.41, 5.74) is 0. The van der Waals surface area contributed by atoms with Crippen LogP contribution in [0.3, 0.4) is 0 Å². The van der Waals surface area contributed by atoms with Gasteiger partial charge in [-0.15, -0.1) is 0 Å². The molecule has 0 aliphatic carbocycles. The van der Waals surface area contributed by atoms with Crippen LogP contribution in [-0.4, -0.2) is 43.6 Å². The van der Waals surface area contributed by atoms with Gasteiger partial charge in [0.15, 0.2) is 6.61 Å². The topological polar surface area (TPSA) is 41.6 Å². The van der Waals surface area contributed by atoms with Crippen molar-refractivity contribution in [1.29, 1.82) is 0 Å². The van der Waals surface area contributed by atoms with E-state index in [1.54, 1.807) is 0 Å². The van der Waals surface area contributed by atoms with Crippen LogP contribution in [0, 0.1) is 11.8 Å². The summed E-state index contributed by atoms with van der Waals surface area (Å²) in [7, 11) is 0. The van der Waals surface area contributed by atoms with Gasteiger partial charge in [-0.2, -0.15) is 0 Å². The molecule has 1 heterocycles. The lowest BCUT2D eigenvalue weighted by Crippen LogP contribution is -2.40. The van der Waals surface area contributed by atoms with E-state index >= 15 is 0 Å². The standard InChI is InChI=1S/C18H28N2O2/c1-15-11-16(2)13-20(12-15)10-6-9-19-18(21)14-22-17-7-4-3-5-8-17/h3-5,7-8,15-16H,6,9-14H2,1-2H3,(H,19,21)/t15-,16-/m0/s1. The fourth-order valence-electron chi connectivity index (χ4n) is 3.22. The van der Waals surface area contributed by atoms with E-state index in [0.29, 0.717) is 0 Å². The van der Waals surface area contributed by atoms with Gasteiger partial charge >= 0.3 is 0 Å². The summed E-state index contributed by atoms with van der Waals surface area (Å²) in [6.07, 6.45) is 2.33. The summed E-state index contributed by atoms with van der Waals surface area (Å²) in [5, 5.41) is 2.92. The van der Waals surface area contributed by atoms with Crippen LogP contribution in [-0.2, 0) is 4.79 Å². The number of rotatable bonds is 7. The largest absolute Gasteiger partial charge is 0.484 e. The third-order valence-electron chi connectivity index (χ3n) is 4.03. The van der Waals surface area contributed by atoms with Crippen LogP contribution in [0.1, 0.15) is 26.7 Å². The lowest BCUT2D eigenvalue weighted by atomic mass is 9.92. The molecule has 0 spiro atoms. The number of carbonyl (C=O) groups excluding carboxylic acids is 1. The molecule has 4 heteroatoms. The summed E-state index contributed by atoms with van der Waals surface area (Å²) >= 11 is 0. The molecule has 122 valence electrons. The first-order chi connectivity index (χ1) is 10.6. The van der Waals surface area contributed by atoms with Crippen LogP contribution < -0.4 is 10.1 Å². The van der Waals surface area contributed by atoms with Gasteiger partial charge in [0, 0.05) is 19.6 Å². The molecule has 22 heavy (non-hydrogen) atoms. The number of nitrogens with zero attached hydrogens (tertiary/aromatic N) is 1. The Morgan fingerprint density at radius 2 is 1.91 bits per heavy atom. The molecule has 0 radical (unpaired) electrons. The molecule has 1 aliphatic rings. The molecule has 1 N–H and O–H groups in total. The summed E-state index contributed by atoms with van der Waals surface area (Å²) in [6, 6.07) is 9.43. The highest BCUT2D eigenvalue weighted by Gasteiger charge is 2.20. The maximum Gasteiger partial charge on any atom is 0.257 e. The summed E-state index contributed by atoms with van der Waals surface area (Å²) in [5.74, 6) is 2.26. The third-order valence-corrected chi connectivity index (χ3v) is 4.03. The second-order valence-corrected chi connectivity index (χ2v) is 6.51. The van der Waals surface area contributed by atoms with Crippen LogP contribution in [0.15, 0.2) is 30.3 Å². The molecule has 1 aromatic carbocycles. The molecule has 1 aliphatic heterocycles. The fourth-order valence-corrected chi connectivity index (χ4v) is 3.22. The van der Waals surface area contributed by atoms with Gasteiger partial charge in [-0.25, -0.2) is 0 Å². The average Bonchev–Trinajstić information content (AvgIpc) is 2.50. The van der Waals surface area contributed by atoms with Gasteiger partial charge in [0.05, 0.1) is 0 Å². The predicted octanol–water partition coefficient (Wildman–Crippen LogP) is 2.55. The normalized spacial score (nSPS) is 22.3. The molecule has 1 aromatic rings. The van der Waals surface area contributed by atoms with Gasteiger partial charge in [-0.3, -0.25) is 4.79 Å². The Labute approximate surface area is 133 Å². The highest BCUT2D eigenvalue weighted by Crippen LogP contribution is 2.20. The number of carbonyl (C=O) groups is 1. The molecule has 2 atom stereocenters. The molecule has 2 rings (SSSR count). The molecule has 1 amide bonds. The lowest BCUT2D eigenvalue weighted by Gasteiger charge is -2.34. The highest BCUT2D eigenvalue weighted by atomic mass is 16.5. The van der Waals surface area contributed by atoms with Crippen LogP contribution in [0.25, 0.3) is 0 Å². The van der Waals surface area contributed by atoms with Crippen molar-refractivity contribution in [2.75, 3.05) is 32.8 Å². The minimum Gasteiger partial charge on any atom is -0.484 e. The number of piperidine rings is 1. The minimum atomic E-state index is -0.0516. The number of hydrogen-bond acceptors (Lipinski definition) is 3. The van der Waals surface area contributed by atoms with Crippen LogP contribution in [0.4, 0.5) is 0 Å². The van der Waals surface area contributed by atoms with E-state index < -0.39 is 0 Å². The van der Waals surface area contributed by atoms with Crippen molar-refractivity contribution in [2.45, 2.75) is 26.7 Å². The minimum absolute atomic E-state index is 0.0516. The zero-order valence-corrected chi connectivity index (χ0v) is 13.8. The Morgan fingerprint density at radius 3 is 2.59 bits per heavy atom. The second-order valence-electron chi connectivity index (χ2n) is 6.51. The SMILES string of the molecule is C[C@H]1C[C@H](C)CN(CCCNC(=O)COc2ccccc2)C1. The zero-order chi connectivity index (χ0) is 15.8. The van der Waals surface area contributed by atoms with Crippen molar-refractivity contribution >= 4 is 5.91 Å². The second kappa shape index (κ2) is 8.79. The van der Waals surface area contributed by atoms with E-state index in [4.69, 9.17) is 4.74 Å². The Hall–Kier alpha value is -1.55. The number of likely N-dealkylation sites (tertiary alicyclic amines) is 1. The predicted molar refractivity (Wildman–Crippen MR) is 88.9 cm³/mol. The maximum absolute atomic E-state index is 11.7. The first kappa shape index (κ1) is 16.8. The van der Waals surface area contributed by atoms with Gasteiger partial charge in [0.25, 0.3) is 5.91 Å². The molecule has 0 aromatic heterocycles. The van der Waals surface area contributed by atoms with Crippen LogP contribution in [0.5, 0.6) is 5.75 Å². The molecule has 4 nitrogen and oxygen atoms in total. The molecule has 0 bridgehead atoms. The molecular formula is C18H28N2O2. The summed E-state index contributed by atoms with van der Waals surface area (Å²) < 4.78 is 5.42. The van der Waals surface area contributed by atoms with Gasteiger partial charge in [-0.05, 0) is 43.4 Å². The van der Waals surface area contributed by atoms with Crippen molar-refractivity contribution in [1.82, 2.24) is 10.2 Å². The Bertz CT molecular complexity index is 440. The van der Waals surface area contributed by atoms with Gasteiger partial charge < -0.3 is 15.0 Å². The van der Waals surface area contributed by atoms with E-state index in [1.165, 1.54) is 19.5 Å². The van der Waals surface area contributed by atoms with Gasteiger partial charge in [0.1, 0.15) is 5.75 Å². The van der Waals surface area contributed by atoms with Crippen molar-refractivity contribution in [3.63, 3.8) is 0 Å². The molecular weight excluding hydrogens is 276 g/mol. The van der Waals surface area contributed by atoms with Crippen molar-refractivity contribution in [3.8, 4) is 5.75 Å². The quantitative estimate of drug-likeness (QED) is 0.787. The Morgan fingerprint density at radius 1 is 1.23 bits per heavy atom. The van der Waals surface area contributed by atoms with E-state index in [9.17, 15) is 4.79 Å². The fraction of sp³-hybridized carbons (Fsp3) is 0.611. The Kier molecular flexibility index (Phi) is 6.72. The van der Waals surface area contributed by atoms with Crippen LogP contribution in [0.2, 0.25) is 0 Å². The summed E-state index contributed by atoms with van der Waals surface area (Å²) in [6.45, 7) is 8.90. The van der Waals surface area contributed by atoms with Crippen molar-refractivity contribution in [3.05, 3.63) is 30.3 Å². The number of amides is 1. The van der Waals surface area contributed by atoms with E-state index in [-0.39, 0.29) is 12.5 Å². The maximum atomic E-state index is 11.7. The van der Waals surface area contributed by atoms with Crippen molar-refractivity contribution < 1.29 is 9.53 Å². The number of nitrogens with one attached hydrogen (secondary N) is 1. The first-order valence-corrected chi connectivity index (χ1v) is 8.30. The smallest absolute Gasteiger partial charge is 0.257 e. The number of ether oxygens (including phenoxy) is 1. The third kappa shape index (κ3) is 6.06. The first-order valence-electron chi connectivity index (χ1n) is 8.30. The molecule has 0 unspecified atom stereocenters. The Balaban J connectivity index is 1.55. The van der Waals surface area contributed by atoms with Crippen molar-refractivity contribution in [2.24, 2.45) is 11.8 Å². The average molecular weight is 304 g/mol. The number of benzene rings is 1. The lowest BCUT2D eigenvalue weighted by molar-refractivity contribution is -0.123. The molecule has 0 saturated carbocycles. The molecule has 1 fully saturated rings. The van der Waals surface area contributed by atoms with E-state index in [2.05, 4.69) is 24.1 Å². The van der Waals surface area contributed by atoms with E-state index in [1.807, 2.05) is 30.3 Å². The van der Waals surface area contributed by atoms with Crippen LogP contribution >= 0.6 is 0 Å². The number of para-hydroxylation sites is 1. The molecule has 1 saturated heterocycles. The van der Waals surface area contributed by atoms with Gasteiger partial charge in [0.2, 0.25) is 0 Å². The number of hydrogen-bond donors (Lipinski definition) is 1. The van der Waals surface area contributed by atoms with E-state index in [0.717, 1.165) is 37.1 Å². The highest BCUT2D eigenvalue weighted by molar-refractivity contribution is 5.77. The van der Waals surface area contributed by atoms with Gasteiger partial charge in [-0.1, -0.05) is 32.0 Å². The zero-order valence-electron chi connectivity index (χ0n) is 13.8.